The Labute approximate surface area is 82.5 Å². The largest absolute Gasteiger partial charge is 0.300 e. The number of piperidine rings is 1. The van der Waals surface area contributed by atoms with Gasteiger partial charge < -0.3 is 4.90 Å². The van der Waals surface area contributed by atoms with Crippen LogP contribution in [0.4, 0.5) is 0 Å². The Morgan fingerprint density at radius 3 is 2.46 bits per heavy atom. The first kappa shape index (κ1) is 9.51. The molecule has 0 aromatic carbocycles. The first-order valence-corrected chi connectivity index (χ1v) is 5.87. The van der Waals surface area contributed by atoms with E-state index in [0.717, 1.165) is 29.8 Å². The normalized spacial score (nSPS) is 51.2. The van der Waals surface area contributed by atoms with E-state index in [2.05, 4.69) is 32.7 Å². The molecule has 1 aliphatic carbocycles. The van der Waals surface area contributed by atoms with E-state index in [9.17, 15) is 0 Å². The van der Waals surface area contributed by atoms with Crippen molar-refractivity contribution in [1.82, 2.24) is 4.90 Å². The Bertz CT molecular complexity index is 186. The van der Waals surface area contributed by atoms with Crippen LogP contribution in [0.3, 0.4) is 0 Å². The number of hydrogen-bond donors (Lipinski definition) is 0. The summed E-state index contributed by atoms with van der Waals surface area (Å²) in [5, 5.41) is 0. The fourth-order valence-electron chi connectivity index (χ4n) is 3.66. The Balaban J connectivity index is 2.17. The Kier molecular flexibility index (Phi) is 2.39. The molecule has 2 fully saturated rings. The topological polar surface area (TPSA) is 3.24 Å². The van der Waals surface area contributed by atoms with Crippen LogP contribution in [0.5, 0.6) is 0 Å². The highest BCUT2D eigenvalue weighted by Gasteiger charge is 2.45. The number of likely N-dealkylation sites (tertiary alicyclic amines) is 1. The zero-order valence-corrected chi connectivity index (χ0v) is 9.46. The van der Waals surface area contributed by atoms with Crippen molar-refractivity contribution in [2.45, 2.75) is 52.1 Å². The molecular weight excluding hydrogens is 158 g/mol. The molecule has 1 heteroatoms. The molecule has 2 aliphatic rings. The zero-order chi connectivity index (χ0) is 9.59. The van der Waals surface area contributed by atoms with E-state index in [1.807, 2.05) is 0 Å². The van der Waals surface area contributed by atoms with Gasteiger partial charge >= 0.3 is 0 Å². The van der Waals surface area contributed by atoms with Crippen molar-refractivity contribution in [3.63, 3.8) is 0 Å². The second-order valence-electron chi connectivity index (χ2n) is 5.21. The molecule has 0 N–H and O–H groups in total. The summed E-state index contributed by atoms with van der Waals surface area (Å²) in [6, 6.07) is 1.64. The molecule has 1 nitrogen and oxygen atoms in total. The molecule has 13 heavy (non-hydrogen) atoms. The van der Waals surface area contributed by atoms with Gasteiger partial charge in [0.25, 0.3) is 0 Å². The van der Waals surface area contributed by atoms with Crippen molar-refractivity contribution in [3.8, 4) is 0 Å². The van der Waals surface area contributed by atoms with Gasteiger partial charge in [0.2, 0.25) is 0 Å². The molecule has 1 saturated carbocycles. The molecule has 2 bridgehead atoms. The summed E-state index contributed by atoms with van der Waals surface area (Å²) < 4.78 is 0. The van der Waals surface area contributed by atoms with Gasteiger partial charge in [0.1, 0.15) is 0 Å². The number of nitrogens with zero attached hydrogens (tertiary/aromatic N) is 1. The lowest BCUT2D eigenvalue weighted by Gasteiger charge is -2.41. The fraction of sp³-hybridized carbons (Fsp3) is 1.00. The van der Waals surface area contributed by atoms with Crippen LogP contribution in [-0.4, -0.2) is 24.0 Å². The van der Waals surface area contributed by atoms with E-state index in [0.29, 0.717) is 0 Å². The lowest BCUT2D eigenvalue weighted by atomic mass is 9.84. The number of fused-ring (bicyclic) bond motifs is 2. The first-order valence-electron chi connectivity index (χ1n) is 5.87. The summed E-state index contributed by atoms with van der Waals surface area (Å²) in [7, 11) is 2.31. The third-order valence-electron chi connectivity index (χ3n) is 4.90. The van der Waals surface area contributed by atoms with Crippen LogP contribution in [0.25, 0.3) is 0 Å². The first-order chi connectivity index (χ1) is 6.15. The molecule has 5 atom stereocenters. The predicted molar refractivity (Wildman–Crippen MR) is 56.7 cm³/mol. The van der Waals surface area contributed by atoms with Crippen molar-refractivity contribution >= 4 is 0 Å². The molecule has 2 rings (SSSR count). The Morgan fingerprint density at radius 1 is 1.15 bits per heavy atom. The van der Waals surface area contributed by atoms with Crippen LogP contribution >= 0.6 is 0 Å². The van der Waals surface area contributed by atoms with Crippen LogP contribution in [0.2, 0.25) is 0 Å². The lowest BCUT2D eigenvalue weighted by Crippen LogP contribution is -2.47. The maximum Gasteiger partial charge on any atom is 0.00978 e. The summed E-state index contributed by atoms with van der Waals surface area (Å²) in [6.07, 6.45) is 4.40. The van der Waals surface area contributed by atoms with Crippen molar-refractivity contribution < 1.29 is 0 Å². The molecule has 1 saturated heterocycles. The van der Waals surface area contributed by atoms with Gasteiger partial charge in [-0.1, -0.05) is 13.3 Å². The predicted octanol–water partition coefficient (Wildman–Crippen LogP) is 2.76. The molecule has 0 aromatic heterocycles. The highest BCUT2D eigenvalue weighted by molar-refractivity contribution is 4.98. The molecule has 1 heterocycles. The SMILES string of the molecule is CCC1CC2CC1C(C)N(C)C2C. The van der Waals surface area contributed by atoms with Crippen LogP contribution < -0.4 is 0 Å². The molecule has 0 radical (unpaired) electrons. The third kappa shape index (κ3) is 1.32. The zero-order valence-electron chi connectivity index (χ0n) is 9.46. The molecule has 5 unspecified atom stereocenters. The average Bonchev–Trinajstić information content (AvgIpc) is 2.53. The molecule has 0 spiro atoms. The number of rotatable bonds is 1. The third-order valence-corrected chi connectivity index (χ3v) is 4.90. The van der Waals surface area contributed by atoms with Crippen molar-refractivity contribution in [2.24, 2.45) is 17.8 Å². The van der Waals surface area contributed by atoms with Gasteiger partial charge in [-0.15, -0.1) is 0 Å². The van der Waals surface area contributed by atoms with Crippen molar-refractivity contribution in [1.29, 1.82) is 0 Å². The lowest BCUT2D eigenvalue weighted by molar-refractivity contribution is 0.0687. The van der Waals surface area contributed by atoms with Gasteiger partial charge in [0.15, 0.2) is 0 Å². The van der Waals surface area contributed by atoms with Crippen LogP contribution in [0.1, 0.15) is 40.0 Å². The van der Waals surface area contributed by atoms with Crippen molar-refractivity contribution in [3.05, 3.63) is 0 Å². The molecule has 0 amide bonds. The van der Waals surface area contributed by atoms with Gasteiger partial charge in [-0.2, -0.15) is 0 Å². The summed E-state index contributed by atoms with van der Waals surface area (Å²) in [5.41, 5.74) is 0. The van der Waals surface area contributed by atoms with E-state index in [4.69, 9.17) is 0 Å². The minimum absolute atomic E-state index is 0.818. The van der Waals surface area contributed by atoms with E-state index >= 15 is 0 Å². The van der Waals surface area contributed by atoms with Gasteiger partial charge in [0, 0.05) is 12.1 Å². The maximum atomic E-state index is 2.61. The van der Waals surface area contributed by atoms with E-state index in [1.165, 1.54) is 19.3 Å². The average molecular weight is 181 g/mol. The quantitative estimate of drug-likeness (QED) is 0.601. The molecule has 1 aliphatic heterocycles. The van der Waals surface area contributed by atoms with Gasteiger partial charge in [-0.25, -0.2) is 0 Å². The molecule has 0 aromatic rings. The smallest absolute Gasteiger partial charge is 0.00978 e. The second-order valence-corrected chi connectivity index (χ2v) is 5.21. The monoisotopic (exact) mass is 181 g/mol. The van der Waals surface area contributed by atoms with Gasteiger partial charge in [-0.3, -0.25) is 0 Å². The number of hydrogen-bond acceptors (Lipinski definition) is 1. The van der Waals surface area contributed by atoms with E-state index in [-0.39, 0.29) is 0 Å². The summed E-state index contributed by atoms with van der Waals surface area (Å²) >= 11 is 0. The second kappa shape index (κ2) is 3.27. The summed E-state index contributed by atoms with van der Waals surface area (Å²) in [4.78, 5) is 2.61. The molecular formula is C12H23N. The highest BCUT2D eigenvalue weighted by Crippen LogP contribution is 2.47. The minimum Gasteiger partial charge on any atom is -0.300 e. The van der Waals surface area contributed by atoms with Gasteiger partial charge in [0.05, 0.1) is 0 Å². The summed E-state index contributed by atoms with van der Waals surface area (Å²) in [5.74, 6) is 3.01. The van der Waals surface area contributed by atoms with Crippen molar-refractivity contribution in [2.75, 3.05) is 7.05 Å². The molecule has 76 valence electrons. The minimum atomic E-state index is 0.818. The standard InChI is InChI=1S/C12H23N/c1-5-10-6-11-7-12(10)9(3)13(4)8(11)2/h8-12H,5-7H2,1-4H3. The summed E-state index contributed by atoms with van der Waals surface area (Å²) in [6.45, 7) is 7.20. The van der Waals surface area contributed by atoms with Crippen LogP contribution in [0, 0.1) is 17.8 Å². The van der Waals surface area contributed by atoms with Crippen LogP contribution in [-0.2, 0) is 0 Å². The van der Waals surface area contributed by atoms with Crippen LogP contribution in [0.15, 0.2) is 0 Å². The highest BCUT2D eigenvalue weighted by atomic mass is 15.2. The van der Waals surface area contributed by atoms with Gasteiger partial charge in [-0.05, 0) is 51.5 Å². The van der Waals surface area contributed by atoms with E-state index in [1.54, 1.807) is 0 Å². The fourth-order valence-corrected chi connectivity index (χ4v) is 3.66. The Morgan fingerprint density at radius 2 is 1.85 bits per heavy atom. The van der Waals surface area contributed by atoms with E-state index < -0.39 is 0 Å². The Hall–Kier alpha value is -0.0400. The maximum absolute atomic E-state index is 2.61.